The van der Waals surface area contributed by atoms with Crippen LogP contribution in [0.15, 0.2) is 18.2 Å². The van der Waals surface area contributed by atoms with Crippen LogP contribution in [0, 0.1) is 0 Å². The molecule has 0 heterocycles. The normalized spacial score (nSPS) is 11.9. The van der Waals surface area contributed by atoms with Crippen LogP contribution in [-0.2, 0) is 4.79 Å². The molecular weight excluding hydrogens is 192 g/mol. The molecule has 0 saturated carbocycles. The zero-order valence-corrected chi connectivity index (χ0v) is 8.87. The highest BCUT2D eigenvalue weighted by Gasteiger charge is 2.10. The largest absolute Gasteiger partial charge is 0.397 e. The first kappa shape index (κ1) is 11.2. The molecule has 0 fully saturated rings. The molecule has 5 nitrogen and oxygen atoms in total. The zero-order chi connectivity index (χ0) is 11.4. The fraction of sp³-hybridized carbons (Fsp3) is 0.300. The Balaban J connectivity index is 2.73. The van der Waals surface area contributed by atoms with Crippen molar-refractivity contribution in [1.29, 1.82) is 0 Å². The van der Waals surface area contributed by atoms with Gasteiger partial charge in [0.2, 0.25) is 5.91 Å². The van der Waals surface area contributed by atoms with Gasteiger partial charge in [0.15, 0.2) is 0 Å². The van der Waals surface area contributed by atoms with Crippen molar-refractivity contribution >= 4 is 23.0 Å². The summed E-state index contributed by atoms with van der Waals surface area (Å²) in [6.45, 7) is 1.77. The van der Waals surface area contributed by atoms with E-state index in [-0.39, 0.29) is 11.9 Å². The molecule has 1 amide bonds. The van der Waals surface area contributed by atoms with E-state index in [0.717, 1.165) is 5.69 Å². The lowest BCUT2D eigenvalue weighted by atomic mass is 10.2. The molecule has 6 N–H and O–H groups in total. The molecule has 0 saturated heterocycles. The summed E-state index contributed by atoms with van der Waals surface area (Å²) >= 11 is 0. The van der Waals surface area contributed by atoms with Gasteiger partial charge in [0.05, 0.1) is 11.4 Å². The maximum absolute atomic E-state index is 11.2. The summed E-state index contributed by atoms with van der Waals surface area (Å²) in [5.74, 6) is -0.0783. The van der Waals surface area contributed by atoms with E-state index in [9.17, 15) is 4.79 Å². The fourth-order valence-electron chi connectivity index (χ4n) is 1.20. The first-order chi connectivity index (χ1) is 7.04. The van der Waals surface area contributed by atoms with Gasteiger partial charge in [-0.15, -0.1) is 0 Å². The van der Waals surface area contributed by atoms with Crippen LogP contribution in [0.5, 0.6) is 0 Å². The summed E-state index contributed by atoms with van der Waals surface area (Å²) in [5, 5.41) is 5.57. The van der Waals surface area contributed by atoms with Gasteiger partial charge in [-0.2, -0.15) is 0 Å². The van der Waals surface area contributed by atoms with Crippen molar-refractivity contribution in [3.8, 4) is 0 Å². The summed E-state index contributed by atoms with van der Waals surface area (Å²) in [5.41, 5.74) is 13.0. The predicted octanol–water partition coefficient (Wildman–Crippen LogP) is 0.397. The predicted molar refractivity (Wildman–Crippen MR) is 62.4 cm³/mol. The van der Waals surface area contributed by atoms with Gasteiger partial charge in [-0.3, -0.25) is 4.79 Å². The second kappa shape index (κ2) is 4.54. The Morgan fingerprint density at radius 1 is 1.33 bits per heavy atom. The Bertz CT molecular complexity index is 364. The molecule has 0 aliphatic carbocycles. The van der Waals surface area contributed by atoms with Crippen molar-refractivity contribution in [2.24, 2.45) is 0 Å². The third kappa shape index (κ3) is 2.77. The van der Waals surface area contributed by atoms with E-state index in [1.165, 1.54) is 0 Å². The maximum Gasteiger partial charge on any atom is 0.241 e. The molecule has 0 bridgehead atoms. The summed E-state index contributed by atoms with van der Waals surface area (Å²) in [7, 11) is 1.60. The van der Waals surface area contributed by atoms with Gasteiger partial charge in [0, 0.05) is 12.7 Å². The van der Waals surface area contributed by atoms with Gasteiger partial charge >= 0.3 is 0 Å². The molecule has 0 aliphatic heterocycles. The smallest absolute Gasteiger partial charge is 0.241 e. The van der Waals surface area contributed by atoms with E-state index >= 15 is 0 Å². The minimum Gasteiger partial charge on any atom is -0.397 e. The van der Waals surface area contributed by atoms with Gasteiger partial charge in [0.1, 0.15) is 6.04 Å². The Labute approximate surface area is 88.8 Å². The van der Waals surface area contributed by atoms with Crippen LogP contribution in [0.3, 0.4) is 0 Å². The van der Waals surface area contributed by atoms with E-state index < -0.39 is 0 Å². The number of rotatable bonds is 3. The Morgan fingerprint density at radius 2 is 2.00 bits per heavy atom. The molecule has 0 spiro atoms. The second-order valence-electron chi connectivity index (χ2n) is 3.32. The van der Waals surface area contributed by atoms with Crippen LogP contribution in [0.2, 0.25) is 0 Å². The quantitative estimate of drug-likeness (QED) is 0.541. The highest BCUT2D eigenvalue weighted by molar-refractivity contribution is 5.84. The molecule has 1 unspecified atom stereocenters. The number of nitrogens with one attached hydrogen (secondary N) is 2. The van der Waals surface area contributed by atoms with Crippen molar-refractivity contribution in [3.05, 3.63) is 18.2 Å². The molecule has 1 aromatic carbocycles. The Morgan fingerprint density at radius 3 is 2.53 bits per heavy atom. The van der Waals surface area contributed by atoms with Crippen molar-refractivity contribution in [2.45, 2.75) is 13.0 Å². The fourth-order valence-corrected chi connectivity index (χ4v) is 1.20. The SMILES string of the molecule is CNC(=O)C(C)Nc1ccc(N)c(N)c1. The topological polar surface area (TPSA) is 93.2 Å². The molecule has 1 atom stereocenters. The number of nitrogens with two attached hydrogens (primary N) is 2. The van der Waals surface area contributed by atoms with E-state index in [2.05, 4.69) is 10.6 Å². The van der Waals surface area contributed by atoms with Gasteiger partial charge in [-0.1, -0.05) is 0 Å². The molecule has 1 rings (SSSR count). The third-order valence-corrected chi connectivity index (χ3v) is 2.11. The number of benzene rings is 1. The van der Waals surface area contributed by atoms with Crippen molar-refractivity contribution in [3.63, 3.8) is 0 Å². The number of likely N-dealkylation sites (N-methyl/N-ethyl adjacent to an activating group) is 1. The van der Waals surface area contributed by atoms with Crippen LogP contribution in [0.4, 0.5) is 17.1 Å². The molecule has 5 heteroatoms. The van der Waals surface area contributed by atoms with Gasteiger partial charge < -0.3 is 22.1 Å². The average molecular weight is 208 g/mol. The number of amides is 1. The van der Waals surface area contributed by atoms with Crippen molar-refractivity contribution < 1.29 is 4.79 Å². The van der Waals surface area contributed by atoms with Crippen LogP contribution in [-0.4, -0.2) is 19.0 Å². The lowest BCUT2D eigenvalue weighted by Gasteiger charge is -2.14. The molecular formula is C10H16N4O. The van der Waals surface area contributed by atoms with Gasteiger partial charge in [-0.05, 0) is 25.1 Å². The second-order valence-corrected chi connectivity index (χ2v) is 3.32. The zero-order valence-electron chi connectivity index (χ0n) is 8.87. The van der Waals surface area contributed by atoms with Crippen LogP contribution < -0.4 is 22.1 Å². The first-order valence-corrected chi connectivity index (χ1v) is 4.67. The molecule has 15 heavy (non-hydrogen) atoms. The standard InChI is InChI=1S/C10H16N4O/c1-6(10(15)13-2)14-7-3-4-8(11)9(12)5-7/h3-6,14H,11-12H2,1-2H3,(H,13,15). The van der Waals surface area contributed by atoms with Crippen LogP contribution in [0.25, 0.3) is 0 Å². The summed E-state index contributed by atoms with van der Waals surface area (Å²) < 4.78 is 0. The lowest BCUT2D eigenvalue weighted by Crippen LogP contribution is -2.35. The van der Waals surface area contributed by atoms with Crippen LogP contribution >= 0.6 is 0 Å². The van der Waals surface area contributed by atoms with Gasteiger partial charge in [-0.25, -0.2) is 0 Å². The molecule has 1 aromatic rings. The minimum absolute atomic E-state index is 0.0783. The van der Waals surface area contributed by atoms with Crippen molar-refractivity contribution in [2.75, 3.05) is 23.8 Å². The Kier molecular flexibility index (Phi) is 3.38. The van der Waals surface area contributed by atoms with Crippen molar-refractivity contribution in [1.82, 2.24) is 5.32 Å². The third-order valence-electron chi connectivity index (χ3n) is 2.11. The Hall–Kier alpha value is -1.91. The molecule has 0 aromatic heterocycles. The number of carbonyl (C=O) groups is 1. The molecule has 0 radical (unpaired) electrons. The highest BCUT2D eigenvalue weighted by Crippen LogP contribution is 2.19. The minimum atomic E-state index is -0.307. The molecule has 82 valence electrons. The van der Waals surface area contributed by atoms with Crippen LogP contribution in [0.1, 0.15) is 6.92 Å². The lowest BCUT2D eigenvalue weighted by molar-refractivity contribution is -0.121. The highest BCUT2D eigenvalue weighted by atomic mass is 16.2. The summed E-state index contributed by atoms with van der Waals surface area (Å²) in [6.07, 6.45) is 0. The number of carbonyl (C=O) groups excluding carboxylic acids is 1. The summed E-state index contributed by atoms with van der Waals surface area (Å²) in [6, 6.07) is 4.88. The van der Waals surface area contributed by atoms with E-state index in [0.29, 0.717) is 11.4 Å². The first-order valence-electron chi connectivity index (χ1n) is 4.67. The number of hydrogen-bond donors (Lipinski definition) is 4. The average Bonchev–Trinajstić information content (AvgIpc) is 2.22. The maximum atomic E-state index is 11.2. The summed E-state index contributed by atoms with van der Waals surface area (Å²) in [4.78, 5) is 11.2. The number of anilines is 3. The monoisotopic (exact) mass is 208 g/mol. The number of nitrogen functional groups attached to an aromatic ring is 2. The van der Waals surface area contributed by atoms with Gasteiger partial charge in [0.25, 0.3) is 0 Å². The van der Waals surface area contributed by atoms with E-state index in [1.54, 1.807) is 32.2 Å². The molecule has 0 aliphatic rings. The van der Waals surface area contributed by atoms with E-state index in [1.807, 2.05) is 0 Å². The number of hydrogen-bond acceptors (Lipinski definition) is 4. The van der Waals surface area contributed by atoms with E-state index in [4.69, 9.17) is 11.5 Å².